The topological polar surface area (TPSA) is 77.5 Å². The molecule has 0 atom stereocenters. The molecule has 1 aromatic heterocycles. The highest BCUT2D eigenvalue weighted by atomic mass is 35.5. The van der Waals surface area contributed by atoms with Crippen LogP contribution in [0.25, 0.3) is 0 Å². The third-order valence-corrected chi connectivity index (χ3v) is 3.32. The number of hydrogen-bond acceptors (Lipinski definition) is 5. The fraction of sp³-hybridized carbons (Fsp3) is 0.278. The van der Waals surface area contributed by atoms with Crippen LogP contribution in [0, 0.1) is 0 Å². The molecule has 2 aromatic rings. The molecule has 1 amide bonds. The molecule has 0 aliphatic heterocycles. The summed E-state index contributed by atoms with van der Waals surface area (Å²) in [6, 6.07) is 10.7. The molecule has 0 spiro atoms. The lowest BCUT2D eigenvalue weighted by Gasteiger charge is -2.11. The summed E-state index contributed by atoms with van der Waals surface area (Å²) in [4.78, 5) is 27.8. The largest absolute Gasteiger partial charge is 0.474 e. The number of hydrogen-bond donors (Lipinski definition) is 1. The van der Waals surface area contributed by atoms with Crippen molar-refractivity contribution in [1.29, 1.82) is 0 Å². The molecule has 1 aromatic carbocycles. The van der Waals surface area contributed by atoms with Crippen LogP contribution >= 0.6 is 11.6 Å². The van der Waals surface area contributed by atoms with E-state index < -0.39 is 11.9 Å². The Morgan fingerprint density at radius 1 is 1.24 bits per heavy atom. The highest BCUT2D eigenvalue weighted by molar-refractivity contribution is 6.32. The van der Waals surface area contributed by atoms with Gasteiger partial charge in [-0.3, -0.25) is 9.59 Å². The van der Waals surface area contributed by atoms with E-state index in [0.29, 0.717) is 0 Å². The van der Waals surface area contributed by atoms with E-state index >= 15 is 0 Å². The highest BCUT2D eigenvalue weighted by Gasteiger charge is 2.13. The van der Waals surface area contributed by atoms with Gasteiger partial charge in [0.2, 0.25) is 5.88 Å². The van der Waals surface area contributed by atoms with Gasteiger partial charge in [-0.25, -0.2) is 4.98 Å². The minimum atomic E-state index is -0.531. The zero-order chi connectivity index (χ0) is 18.2. The van der Waals surface area contributed by atoms with Crippen molar-refractivity contribution in [2.45, 2.75) is 26.6 Å². The minimum Gasteiger partial charge on any atom is -0.474 e. The predicted octanol–water partition coefficient (Wildman–Crippen LogP) is 3.00. The second-order valence-corrected chi connectivity index (χ2v) is 5.91. The first-order chi connectivity index (χ1) is 12.0. The zero-order valence-electron chi connectivity index (χ0n) is 14.0. The van der Waals surface area contributed by atoms with Gasteiger partial charge in [0.15, 0.2) is 0 Å². The minimum absolute atomic E-state index is 0.0796. The number of nitrogens with one attached hydrogen (secondary N) is 1. The van der Waals surface area contributed by atoms with Crippen LogP contribution in [0.4, 0.5) is 0 Å². The number of benzene rings is 1. The van der Waals surface area contributed by atoms with E-state index in [9.17, 15) is 9.59 Å². The van der Waals surface area contributed by atoms with Crippen LogP contribution in [0.3, 0.4) is 0 Å². The van der Waals surface area contributed by atoms with Crippen LogP contribution in [-0.2, 0) is 16.1 Å². The smallest absolute Gasteiger partial charge is 0.325 e. The first-order valence-corrected chi connectivity index (χ1v) is 8.13. The Kier molecular flexibility index (Phi) is 6.77. The molecule has 0 aliphatic rings. The monoisotopic (exact) mass is 362 g/mol. The van der Waals surface area contributed by atoms with Crippen molar-refractivity contribution in [3.05, 3.63) is 58.7 Å². The lowest BCUT2D eigenvalue weighted by Crippen LogP contribution is -2.30. The van der Waals surface area contributed by atoms with Crippen molar-refractivity contribution < 1.29 is 19.1 Å². The van der Waals surface area contributed by atoms with Crippen molar-refractivity contribution in [2.75, 3.05) is 6.54 Å². The van der Waals surface area contributed by atoms with Gasteiger partial charge in [0.25, 0.3) is 5.91 Å². The maximum atomic E-state index is 12.1. The summed E-state index contributed by atoms with van der Waals surface area (Å²) in [5, 5.41) is 2.70. The number of pyridine rings is 1. The second kappa shape index (κ2) is 9.03. The molecule has 0 radical (unpaired) electrons. The summed E-state index contributed by atoms with van der Waals surface area (Å²) in [5.41, 5.74) is 1.11. The van der Waals surface area contributed by atoms with Crippen LogP contribution in [0.1, 0.15) is 29.8 Å². The Labute approximate surface area is 151 Å². The SMILES string of the molecule is CC(C)Oc1ncc(C(=O)NCC(=O)OCc2ccccc2)cc1Cl. The predicted molar refractivity (Wildman–Crippen MR) is 93.6 cm³/mol. The fourth-order valence-electron chi connectivity index (χ4n) is 1.90. The van der Waals surface area contributed by atoms with Gasteiger partial charge in [0.05, 0.1) is 11.7 Å². The zero-order valence-corrected chi connectivity index (χ0v) is 14.7. The van der Waals surface area contributed by atoms with Crippen molar-refractivity contribution in [1.82, 2.24) is 10.3 Å². The molecule has 6 nitrogen and oxygen atoms in total. The van der Waals surface area contributed by atoms with Crippen molar-refractivity contribution in [3.63, 3.8) is 0 Å². The van der Waals surface area contributed by atoms with E-state index in [1.807, 2.05) is 44.2 Å². The summed E-state index contributed by atoms with van der Waals surface area (Å²) < 4.78 is 10.5. The van der Waals surface area contributed by atoms with E-state index in [0.717, 1.165) is 5.56 Å². The molecule has 1 heterocycles. The first-order valence-electron chi connectivity index (χ1n) is 7.75. The summed E-state index contributed by atoms with van der Waals surface area (Å²) in [5.74, 6) is -0.742. The van der Waals surface area contributed by atoms with E-state index in [4.69, 9.17) is 21.1 Å². The molecule has 132 valence electrons. The second-order valence-electron chi connectivity index (χ2n) is 5.51. The van der Waals surface area contributed by atoms with Gasteiger partial charge >= 0.3 is 5.97 Å². The van der Waals surface area contributed by atoms with Gasteiger partial charge in [-0.15, -0.1) is 0 Å². The third-order valence-electron chi connectivity index (χ3n) is 3.05. The van der Waals surface area contributed by atoms with Gasteiger partial charge in [0.1, 0.15) is 18.2 Å². The molecule has 0 fully saturated rings. The molecule has 0 saturated carbocycles. The highest BCUT2D eigenvalue weighted by Crippen LogP contribution is 2.23. The van der Waals surface area contributed by atoms with Crippen molar-refractivity contribution in [2.24, 2.45) is 0 Å². The average Bonchev–Trinajstić information content (AvgIpc) is 2.60. The van der Waals surface area contributed by atoms with Crippen LogP contribution in [-0.4, -0.2) is 29.5 Å². The van der Waals surface area contributed by atoms with Crippen LogP contribution in [0.15, 0.2) is 42.6 Å². The van der Waals surface area contributed by atoms with E-state index in [1.165, 1.54) is 12.3 Å². The Bertz CT molecular complexity index is 735. The van der Waals surface area contributed by atoms with Gasteiger partial charge in [-0.1, -0.05) is 41.9 Å². The fourth-order valence-corrected chi connectivity index (χ4v) is 2.11. The van der Waals surface area contributed by atoms with Crippen molar-refractivity contribution >= 4 is 23.5 Å². The summed E-state index contributed by atoms with van der Waals surface area (Å²) in [7, 11) is 0. The molecule has 0 bridgehead atoms. The van der Waals surface area contributed by atoms with Gasteiger partial charge in [-0.2, -0.15) is 0 Å². The number of carbonyl (C=O) groups is 2. The normalized spacial score (nSPS) is 10.4. The maximum absolute atomic E-state index is 12.1. The first kappa shape index (κ1) is 18.7. The molecule has 25 heavy (non-hydrogen) atoms. The van der Waals surface area contributed by atoms with E-state index in [1.54, 1.807) is 0 Å². The molecular formula is C18H19ClN2O4. The summed E-state index contributed by atoms with van der Waals surface area (Å²) >= 11 is 6.04. The van der Waals surface area contributed by atoms with E-state index in [2.05, 4.69) is 10.3 Å². The Morgan fingerprint density at radius 2 is 1.96 bits per heavy atom. The molecule has 0 unspecified atom stereocenters. The number of nitrogens with zero attached hydrogens (tertiary/aromatic N) is 1. The summed E-state index contributed by atoms with van der Waals surface area (Å²) in [6.07, 6.45) is 1.26. The number of rotatable bonds is 7. The quantitative estimate of drug-likeness (QED) is 0.766. The lowest BCUT2D eigenvalue weighted by atomic mass is 10.2. The molecular weight excluding hydrogens is 344 g/mol. The number of carbonyl (C=O) groups excluding carboxylic acids is 2. The van der Waals surface area contributed by atoms with Crippen LogP contribution in [0.2, 0.25) is 5.02 Å². The standard InChI is InChI=1S/C18H19ClN2O4/c1-12(2)25-18-15(19)8-14(9-21-18)17(23)20-10-16(22)24-11-13-6-4-3-5-7-13/h3-9,12H,10-11H2,1-2H3,(H,20,23). The van der Waals surface area contributed by atoms with Crippen molar-refractivity contribution in [3.8, 4) is 5.88 Å². The lowest BCUT2D eigenvalue weighted by molar-refractivity contribution is -0.143. The van der Waals surface area contributed by atoms with Crippen LogP contribution in [0.5, 0.6) is 5.88 Å². The molecule has 2 rings (SSSR count). The summed E-state index contributed by atoms with van der Waals surface area (Å²) in [6.45, 7) is 3.61. The van der Waals surface area contributed by atoms with Gasteiger partial charge in [-0.05, 0) is 25.5 Å². The average molecular weight is 363 g/mol. The number of esters is 1. The third kappa shape index (κ3) is 6.08. The van der Waals surface area contributed by atoms with Gasteiger partial charge in [0, 0.05) is 6.20 Å². The molecule has 7 heteroatoms. The number of ether oxygens (including phenoxy) is 2. The number of aromatic nitrogens is 1. The number of amides is 1. The van der Waals surface area contributed by atoms with Gasteiger partial charge < -0.3 is 14.8 Å². The molecule has 1 N–H and O–H groups in total. The Hall–Kier alpha value is -2.60. The Morgan fingerprint density at radius 3 is 2.60 bits per heavy atom. The maximum Gasteiger partial charge on any atom is 0.325 e. The Balaban J connectivity index is 1.83. The van der Waals surface area contributed by atoms with E-state index in [-0.39, 0.29) is 35.7 Å². The number of halogens is 1. The molecule has 0 aliphatic carbocycles. The molecule has 0 saturated heterocycles. The van der Waals surface area contributed by atoms with Crippen LogP contribution < -0.4 is 10.1 Å².